The second kappa shape index (κ2) is 6.34. The SMILES string of the molecule is CCCCC1Sc2ccccc2N(c2ccccc2)S1(=O)=O. The summed E-state index contributed by atoms with van der Waals surface area (Å²) in [6, 6.07) is 17.1. The molecule has 0 saturated carbocycles. The third-order valence-corrected chi connectivity index (χ3v) is 7.65. The fourth-order valence-corrected chi connectivity index (χ4v) is 6.28. The van der Waals surface area contributed by atoms with Gasteiger partial charge in [-0.15, -0.1) is 11.8 Å². The molecular formula is C17H19NO2S2. The maximum atomic E-state index is 13.1. The number of thioether (sulfide) groups is 1. The molecule has 0 amide bonds. The highest BCUT2D eigenvalue weighted by molar-refractivity contribution is 8.14. The molecule has 2 aromatic carbocycles. The number of benzene rings is 2. The Morgan fingerprint density at radius 3 is 2.45 bits per heavy atom. The summed E-state index contributed by atoms with van der Waals surface area (Å²) >= 11 is 1.47. The number of anilines is 2. The Labute approximate surface area is 136 Å². The molecule has 0 radical (unpaired) electrons. The number of nitrogens with zero attached hydrogens (tertiary/aromatic N) is 1. The van der Waals surface area contributed by atoms with Crippen LogP contribution in [-0.4, -0.2) is 13.0 Å². The van der Waals surface area contributed by atoms with Crippen LogP contribution in [0.1, 0.15) is 26.2 Å². The van der Waals surface area contributed by atoms with Crippen molar-refractivity contribution >= 4 is 33.2 Å². The van der Waals surface area contributed by atoms with Crippen LogP contribution >= 0.6 is 11.8 Å². The quantitative estimate of drug-likeness (QED) is 0.808. The first-order chi connectivity index (χ1) is 10.6. The van der Waals surface area contributed by atoms with Gasteiger partial charge in [-0.05, 0) is 30.7 Å². The Balaban J connectivity index is 2.12. The molecule has 0 aliphatic carbocycles. The second-order valence-corrected chi connectivity index (χ2v) is 8.81. The maximum absolute atomic E-state index is 13.1. The fraction of sp³-hybridized carbons (Fsp3) is 0.294. The van der Waals surface area contributed by atoms with Crippen LogP contribution in [0.4, 0.5) is 11.4 Å². The minimum absolute atomic E-state index is 0.414. The van der Waals surface area contributed by atoms with E-state index in [2.05, 4.69) is 6.92 Å². The molecule has 116 valence electrons. The lowest BCUT2D eigenvalue weighted by Gasteiger charge is -2.35. The highest BCUT2D eigenvalue weighted by Gasteiger charge is 2.39. The van der Waals surface area contributed by atoms with Crippen molar-refractivity contribution < 1.29 is 8.42 Å². The van der Waals surface area contributed by atoms with E-state index in [1.54, 1.807) is 0 Å². The van der Waals surface area contributed by atoms with E-state index in [0.29, 0.717) is 12.1 Å². The van der Waals surface area contributed by atoms with Crippen molar-refractivity contribution in [2.75, 3.05) is 4.31 Å². The van der Waals surface area contributed by atoms with Crippen LogP contribution in [0.2, 0.25) is 0 Å². The van der Waals surface area contributed by atoms with Gasteiger partial charge in [-0.3, -0.25) is 0 Å². The molecular weight excluding hydrogens is 314 g/mol. The third kappa shape index (κ3) is 2.75. The van der Waals surface area contributed by atoms with Crippen LogP contribution in [-0.2, 0) is 10.0 Å². The highest BCUT2D eigenvalue weighted by Crippen LogP contribution is 2.47. The standard InChI is InChI=1S/C17H19NO2S2/c1-2-3-13-17-21-16-12-8-7-11-15(16)18(22(17,19)20)14-9-5-4-6-10-14/h4-12,17H,2-3,13H2,1H3. The monoisotopic (exact) mass is 333 g/mol. The second-order valence-electron chi connectivity index (χ2n) is 5.30. The van der Waals surface area contributed by atoms with Crippen LogP contribution in [0, 0.1) is 0 Å². The van der Waals surface area contributed by atoms with Gasteiger partial charge in [0.25, 0.3) is 10.0 Å². The molecule has 5 heteroatoms. The largest absolute Gasteiger partial charge is 0.252 e. The zero-order valence-corrected chi connectivity index (χ0v) is 14.1. The third-order valence-electron chi connectivity index (χ3n) is 3.71. The number of hydrogen-bond donors (Lipinski definition) is 0. The Morgan fingerprint density at radius 1 is 1.05 bits per heavy atom. The lowest BCUT2D eigenvalue weighted by molar-refractivity contribution is 0.585. The Morgan fingerprint density at radius 2 is 1.73 bits per heavy atom. The van der Waals surface area contributed by atoms with Gasteiger partial charge in [0.05, 0.1) is 11.4 Å². The van der Waals surface area contributed by atoms with Crippen LogP contribution in [0.25, 0.3) is 0 Å². The Kier molecular flexibility index (Phi) is 4.45. The van der Waals surface area contributed by atoms with Crippen molar-refractivity contribution in [1.82, 2.24) is 0 Å². The number of hydrogen-bond acceptors (Lipinski definition) is 3. The average Bonchev–Trinajstić information content (AvgIpc) is 2.53. The normalized spacial score (nSPS) is 19.7. The van der Waals surface area contributed by atoms with Crippen molar-refractivity contribution in [3.05, 3.63) is 54.6 Å². The first-order valence-corrected chi connectivity index (χ1v) is 9.87. The van der Waals surface area contributed by atoms with Crippen molar-refractivity contribution in [2.45, 2.75) is 35.7 Å². The molecule has 0 spiro atoms. The van der Waals surface area contributed by atoms with Crippen LogP contribution < -0.4 is 4.31 Å². The number of para-hydroxylation sites is 2. The van der Waals surface area contributed by atoms with Gasteiger partial charge in [-0.1, -0.05) is 50.1 Å². The van der Waals surface area contributed by atoms with Gasteiger partial charge in [-0.25, -0.2) is 12.7 Å². The number of rotatable bonds is 4. The van der Waals surface area contributed by atoms with Crippen LogP contribution in [0.3, 0.4) is 0 Å². The zero-order valence-electron chi connectivity index (χ0n) is 12.5. The summed E-state index contributed by atoms with van der Waals surface area (Å²) in [6.07, 6.45) is 2.60. The summed E-state index contributed by atoms with van der Waals surface area (Å²) in [4.78, 5) is 1.03. The van der Waals surface area contributed by atoms with Crippen molar-refractivity contribution in [3.63, 3.8) is 0 Å². The van der Waals surface area contributed by atoms with E-state index in [-0.39, 0.29) is 0 Å². The lowest BCUT2D eigenvalue weighted by Crippen LogP contribution is -2.37. The first-order valence-electron chi connectivity index (χ1n) is 7.49. The fourth-order valence-electron chi connectivity index (χ4n) is 2.61. The predicted molar refractivity (Wildman–Crippen MR) is 93.1 cm³/mol. The number of unbranched alkanes of at least 4 members (excludes halogenated alkanes) is 1. The Bertz CT molecular complexity index is 744. The van der Waals surface area contributed by atoms with Crippen molar-refractivity contribution in [1.29, 1.82) is 0 Å². The smallest absolute Gasteiger partial charge is 0.236 e. The first kappa shape index (κ1) is 15.4. The van der Waals surface area contributed by atoms with Crippen LogP contribution in [0.15, 0.2) is 59.5 Å². The Hall–Kier alpha value is -1.46. The molecule has 1 atom stereocenters. The van der Waals surface area contributed by atoms with Gasteiger partial charge in [0.15, 0.2) is 0 Å². The predicted octanol–water partition coefficient (Wildman–Crippen LogP) is 4.78. The van der Waals surface area contributed by atoms with Gasteiger partial charge >= 0.3 is 0 Å². The number of sulfonamides is 1. The van der Waals surface area contributed by atoms with E-state index in [1.807, 2.05) is 54.6 Å². The summed E-state index contributed by atoms with van der Waals surface area (Å²) in [7, 11) is -3.41. The minimum atomic E-state index is -3.41. The van der Waals surface area contributed by atoms with Gasteiger partial charge in [-0.2, -0.15) is 0 Å². The lowest BCUT2D eigenvalue weighted by atomic mass is 10.2. The average molecular weight is 333 g/mol. The molecule has 1 aliphatic heterocycles. The van der Waals surface area contributed by atoms with E-state index < -0.39 is 14.6 Å². The van der Waals surface area contributed by atoms with E-state index in [9.17, 15) is 8.42 Å². The topological polar surface area (TPSA) is 37.4 Å². The summed E-state index contributed by atoms with van der Waals surface area (Å²) in [6.45, 7) is 2.09. The van der Waals surface area contributed by atoms with Gasteiger partial charge in [0.2, 0.25) is 0 Å². The molecule has 0 fully saturated rings. The molecule has 3 rings (SSSR count). The molecule has 0 aromatic heterocycles. The van der Waals surface area contributed by atoms with Crippen LogP contribution in [0.5, 0.6) is 0 Å². The molecule has 0 bridgehead atoms. The zero-order chi connectivity index (χ0) is 15.6. The summed E-state index contributed by atoms with van der Waals surface area (Å²) in [5, 5.41) is 0. The molecule has 1 unspecified atom stereocenters. The van der Waals surface area contributed by atoms with Gasteiger partial charge in [0.1, 0.15) is 4.58 Å². The molecule has 0 saturated heterocycles. The molecule has 0 N–H and O–H groups in total. The molecule has 3 nitrogen and oxygen atoms in total. The van der Waals surface area contributed by atoms with E-state index >= 15 is 0 Å². The van der Waals surface area contributed by atoms with Gasteiger partial charge in [0, 0.05) is 4.90 Å². The van der Waals surface area contributed by atoms with E-state index in [1.165, 1.54) is 16.1 Å². The van der Waals surface area contributed by atoms with Crippen molar-refractivity contribution in [2.24, 2.45) is 0 Å². The van der Waals surface area contributed by atoms with Gasteiger partial charge < -0.3 is 0 Å². The molecule has 1 heterocycles. The molecule has 1 aliphatic rings. The van der Waals surface area contributed by atoms with E-state index in [0.717, 1.165) is 23.4 Å². The molecule has 2 aromatic rings. The maximum Gasteiger partial charge on any atom is 0.252 e. The highest BCUT2D eigenvalue weighted by atomic mass is 32.3. The molecule has 22 heavy (non-hydrogen) atoms. The van der Waals surface area contributed by atoms with Crippen molar-refractivity contribution in [3.8, 4) is 0 Å². The summed E-state index contributed by atoms with van der Waals surface area (Å²) in [5.41, 5.74) is 1.46. The summed E-state index contributed by atoms with van der Waals surface area (Å²) in [5.74, 6) is 0. The van der Waals surface area contributed by atoms with E-state index in [4.69, 9.17) is 0 Å². The number of fused-ring (bicyclic) bond motifs is 1. The minimum Gasteiger partial charge on any atom is -0.236 e. The summed E-state index contributed by atoms with van der Waals surface area (Å²) < 4.78 is 27.3.